The first-order valence-corrected chi connectivity index (χ1v) is 7.06. The van der Waals surface area contributed by atoms with Gasteiger partial charge < -0.3 is 5.73 Å². The Kier molecular flexibility index (Phi) is 2.45. The average molecular weight is 254 g/mol. The van der Waals surface area contributed by atoms with E-state index < -0.39 is 0 Å². The van der Waals surface area contributed by atoms with E-state index in [9.17, 15) is 0 Å². The van der Waals surface area contributed by atoms with Crippen molar-refractivity contribution in [1.29, 1.82) is 0 Å². The van der Waals surface area contributed by atoms with E-state index in [1.54, 1.807) is 0 Å². The molecule has 19 heavy (non-hydrogen) atoms. The molecule has 98 valence electrons. The molecule has 1 aromatic carbocycles. The molecule has 1 heterocycles. The van der Waals surface area contributed by atoms with Crippen LogP contribution in [-0.2, 0) is 6.54 Å². The van der Waals surface area contributed by atoms with Crippen LogP contribution in [-0.4, -0.2) is 14.8 Å². The van der Waals surface area contributed by atoms with Crippen LogP contribution in [0.5, 0.6) is 0 Å². The van der Waals surface area contributed by atoms with Gasteiger partial charge in [0.2, 0.25) is 0 Å². The Morgan fingerprint density at radius 1 is 1.05 bits per heavy atom. The lowest BCUT2D eigenvalue weighted by Crippen LogP contribution is -2.11. The zero-order chi connectivity index (χ0) is 12.8. The van der Waals surface area contributed by atoms with Crippen molar-refractivity contribution in [2.75, 3.05) is 0 Å². The lowest BCUT2D eigenvalue weighted by molar-refractivity contribution is 0.577. The fourth-order valence-electron chi connectivity index (χ4n) is 3.51. The maximum absolute atomic E-state index is 5.81. The zero-order valence-electron chi connectivity index (χ0n) is 10.9. The van der Waals surface area contributed by atoms with Gasteiger partial charge >= 0.3 is 0 Å². The van der Waals surface area contributed by atoms with Crippen LogP contribution in [0.25, 0.3) is 5.69 Å². The molecule has 0 radical (unpaired) electrons. The highest BCUT2D eigenvalue weighted by Crippen LogP contribution is 2.57. The quantitative estimate of drug-likeness (QED) is 0.914. The Morgan fingerprint density at radius 3 is 2.47 bits per heavy atom. The number of rotatable bonds is 3. The van der Waals surface area contributed by atoms with E-state index in [0.29, 0.717) is 12.5 Å². The molecule has 0 saturated heterocycles. The third-order valence-electron chi connectivity index (χ3n) is 4.56. The Balaban J connectivity index is 1.77. The number of hydrogen-bond donors (Lipinski definition) is 1. The largest absolute Gasteiger partial charge is 0.324 e. The fourth-order valence-corrected chi connectivity index (χ4v) is 3.51. The number of fused-ring (bicyclic) bond motifs is 1. The van der Waals surface area contributed by atoms with E-state index in [1.165, 1.54) is 19.3 Å². The Hall–Kier alpha value is -1.68. The first kappa shape index (κ1) is 11.2. The van der Waals surface area contributed by atoms with Crippen molar-refractivity contribution in [1.82, 2.24) is 14.8 Å². The highest BCUT2D eigenvalue weighted by Gasteiger charge is 2.47. The van der Waals surface area contributed by atoms with Crippen LogP contribution in [0.4, 0.5) is 0 Å². The maximum Gasteiger partial charge on any atom is 0.151 e. The molecule has 2 N–H and O–H groups in total. The van der Waals surface area contributed by atoms with Crippen molar-refractivity contribution in [3.63, 3.8) is 0 Å². The normalized spacial score (nSPS) is 28.4. The topological polar surface area (TPSA) is 56.7 Å². The van der Waals surface area contributed by atoms with Crippen LogP contribution in [0.15, 0.2) is 30.3 Å². The molecule has 2 unspecified atom stereocenters. The summed E-state index contributed by atoms with van der Waals surface area (Å²) < 4.78 is 2.16. The highest BCUT2D eigenvalue weighted by atomic mass is 15.3. The van der Waals surface area contributed by atoms with Crippen LogP contribution in [0.3, 0.4) is 0 Å². The average Bonchev–Trinajstić information content (AvgIpc) is 2.92. The predicted molar refractivity (Wildman–Crippen MR) is 72.8 cm³/mol. The van der Waals surface area contributed by atoms with E-state index >= 15 is 0 Å². The number of nitrogens with two attached hydrogens (primary N) is 1. The predicted octanol–water partition coefficient (Wildman–Crippen LogP) is 2.24. The molecule has 0 aliphatic heterocycles. The van der Waals surface area contributed by atoms with E-state index in [1.807, 2.05) is 18.2 Å². The number of hydrogen-bond acceptors (Lipinski definition) is 3. The van der Waals surface area contributed by atoms with Crippen LogP contribution < -0.4 is 5.73 Å². The molecule has 2 aliphatic rings. The molecule has 4 heteroatoms. The number of para-hydroxylation sites is 1. The monoisotopic (exact) mass is 254 g/mol. The van der Waals surface area contributed by atoms with E-state index in [4.69, 9.17) is 5.73 Å². The van der Waals surface area contributed by atoms with Crippen LogP contribution >= 0.6 is 0 Å². The molecule has 0 bridgehead atoms. The SMILES string of the molecule is NCc1nnc(C2CC3CC3C2)n1-c1ccccc1. The van der Waals surface area contributed by atoms with Crippen LogP contribution in [0.2, 0.25) is 0 Å². The second-order valence-electron chi connectivity index (χ2n) is 5.77. The van der Waals surface area contributed by atoms with Gasteiger partial charge in [-0.05, 0) is 43.2 Å². The molecule has 4 rings (SSSR count). The van der Waals surface area contributed by atoms with E-state index in [0.717, 1.165) is 29.2 Å². The van der Waals surface area contributed by atoms with Gasteiger partial charge in [0, 0.05) is 11.6 Å². The Bertz CT molecular complexity index is 579. The van der Waals surface area contributed by atoms with Gasteiger partial charge in [-0.25, -0.2) is 0 Å². The van der Waals surface area contributed by atoms with E-state index in [-0.39, 0.29) is 0 Å². The van der Waals surface area contributed by atoms with Gasteiger partial charge in [-0.3, -0.25) is 4.57 Å². The lowest BCUT2D eigenvalue weighted by atomic mass is 10.0. The third kappa shape index (κ3) is 1.78. The minimum absolute atomic E-state index is 0.432. The second-order valence-corrected chi connectivity index (χ2v) is 5.77. The molecule has 2 saturated carbocycles. The fraction of sp³-hybridized carbons (Fsp3) is 0.467. The van der Waals surface area contributed by atoms with Crippen LogP contribution in [0, 0.1) is 11.8 Å². The van der Waals surface area contributed by atoms with Gasteiger partial charge in [0.1, 0.15) is 5.82 Å². The Morgan fingerprint density at radius 2 is 1.79 bits per heavy atom. The van der Waals surface area contributed by atoms with Gasteiger partial charge in [0.25, 0.3) is 0 Å². The standard InChI is InChI=1S/C15H18N4/c16-9-14-17-18-15(12-7-10-6-11(10)8-12)19(14)13-4-2-1-3-5-13/h1-5,10-12H,6-9,16H2. The van der Waals surface area contributed by atoms with Crippen molar-refractivity contribution in [3.8, 4) is 5.69 Å². The first-order valence-electron chi connectivity index (χ1n) is 7.06. The zero-order valence-corrected chi connectivity index (χ0v) is 10.9. The summed E-state index contributed by atoms with van der Waals surface area (Å²) in [5.74, 6) is 4.44. The number of nitrogens with zero attached hydrogens (tertiary/aromatic N) is 3. The number of aromatic nitrogens is 3. The molecule has 0 spiro atoms. The van der Waals surface area contributed by atoms with Gasteiger partial charge in [-0.1, -0.05) is 18.2 Å². The number of benzene rings is 1. The summed E-state index contributed by atoms with van der Waals surface area (Å²) >= 11 is 0. The van der Waals surface area contributed by atoms with Crippen molar-refractivity contribution in [2.45, 2.75) is 31.7 Å². The third-order valence-corrected chi connectivity index (χ3v) is 4.56. The van der Waals surface area contributed by atoms with Crippen LogP contribution in [0.1, 0.15) is 36.8 Å². The van der Waals surface area contributed by atoms with Crippen molar-refractivity contribution in [2.24, 2.45) is 17.6 Å². The van der Waals surface area contributed by atoms with Gasteiger partial charge in [-0.15, -0.1) is 10.2 Å². The molecule has 2 atom stereocenters. The molecule has 2 aliphatic carbocycles. The van der Waals surface area contributed by atoms with Crippen molar-refractivity contribution >= 4 is 0 Å². The first-order chi connectivity index (χ1) is 9.36. The summed E-state index contributed by atoms with van der Waals surface area (Å²) in [6.45, 7) is 0.432. The molecule has 1 aromatic heterocycles. The van der Waals surface area contributed by atoms with Crippen molar-refractivity contribution < 1.29 is 0 Å². The summed E-state index contributed by atoms with van der Waals surface area (Å²) in [5, 5.41) is 8.72. The molecule has 4 nitrogen and oxygen atoms in total. The highest BCUT2D eigenvalue weighted by molar-refractivity contribution is 5.35. The summed E-state index contributed by atoms with van der Waals surface area (Å²) in [6.07, 6.45) is 3.99. The summed E-state index contributed by atoms with van der Waals surface area (Å²) in [7, 11) is 0. The molecule has 2 fully saturated rings. The molecular formula is C15H18N4. The van der Waals surface area contributed by atoms with Gasteiger partial charge in [0.15, 0.2) is 5.82 Å². The molecule has 0 amide bonds. The molecular weight excluding hydrogens is 236 g/mol. The van der Waals surface area contributed by atoms with E-state index in [2.05, 4.69) is 26.9 Å². The summed E-state index contributed by atoms with van der Waals surface area (Å²) in [5.41, 5.74) is 6.94. The molecule has 2 aromatic rings. The smallest absolute Gasteiger partial charge is 0.151 e. The Labute approximate surface area is 112 Å². The van der Waals surface area contributed by atoms with Gasteiger partial charge in [0.05, 0.1) is 6.54 Å². The van der Waals surface area contributed by atoms with Crippen molar-refractivity contribution in [3.05, 3.63) is 42.0 Å². The summed E-state index contributed by atoms with van der Waals surface area (Å²) in [6, 6.07) is 10.3. The lowest BCUT2D eigenvalue weighted by Gasteiger charge is -2.14. The maximum atomic E-state index is 5.81. The second kappa shape index (κ2) is 4.17. The van der Waals surface area contributed by atoms with Gasteiger partial charge in [-0.2, -0.15) is 0 Å². The summed E-state index contributed by atoms with van der Waals surface area (Å²) in [4.78, 5) is 0. The minimum atomic E-state index is 0.432. The minimum Gasteiger partial charge on any atom is -0.324 e.